The summed E-state index contributed by atoms with van der Waals surface area (Å²) < 4.78 is 18.5. The number of amides is 1. The number of nitrogens with two attached hydrogens (primary N) is 1. The van der Waals surface area contributed by atoms with Gasteiger partial charge in [0.2, 0.25) is 5.91 Å². The quantitative estimate of drug-likeness (QED) is 0.841. The van der Waals surface area contributed by atoms with Crippen LogP contribution in [0.4, 0.5) is 10.1 Å². The fourth-order valence-electron chi connectivity index (χ4n) is 2.32. The summed E-state index contributed by atoms with van der Waals surface area (Å²) in [7, 11) is 0. The van der Waals surface area contributed by atoms with Gasteiger partial charge in [-0.2, -0.15) is 0 Å². The van der Waals surface area contributed by atoms with E-state index in [0.29, 0.717) is 11.4 Å². The largest absolute Gasteiger partial charge is 0.464 e. The molecule has 1 amide bonds. The summed E-state index contributed by atoms with van der Waals surface area (Å²) in [5, 5.41) is 0. The molecule has 1 fully saturated rings. The summed E-state index contributed by atoms with van der Waals surface area (Å²) in [6.45, 7) is 1.83. The summed E-state index contributed by atoms with van der Waals surface area (Å²) in [6.07, 6.45) is 0. The van der Waals surface area contributed by atoms with Gasteiger partial charge in [0.1, 0.15) is 29.4 Å². The number of anilines is 1. The van der Waals surface area contributed by atoms with Crippen LogP contribution in [0.1, 0.15) is 17.6 Å². The van der Waals surface area contributed by atoms with Gasteiger partial charge in [0.15, 0.2) is 0 Å². The molecule has 4 nitrogen and oxygen atoms in total. The first-order chi connectivity index (χ1) is 9.08. The number of carbonyl (C=O) groups is 1. The maximum Gasteiger partial charge on any atom is 0.247 e. The van der Waals surface area contributed by atoms with Crippen LogP contribution in [0.2, 0.25) is 0 Å². The molecule has 0 bridgehead atoms. The van der Waals surface area contributed by atoms with Crippen LogP contribution in [0.15, 0.2) is 40.8 Å². The third-order valence-corrected chi connectivity index (χ3v) is 3.30. The molecule has 1 aromatic heterocycles. The minimum absolute atomic E-state index is 0.189. The van der Waals surface area contributed by atoms with Crippen molar-refractivity contribution in [2.75, 3.05) is 4.90 Å². The van der Waals surface area contributed by atoms with Crippen LogP contribution < -0.4 is 10.6 Å². The van der Waals surface area contributed by atoms with Gasteiger partial charge in [-0.25, -0.2) is 4.39 Å². The number of carbonyl (C=O) groups excluding carboxylic acids is 1. The Labute approximate surface area is 109 Å². The number of rotatable bonds is 2. The Kier molecular flexibility index (Phi) is 2.64. The Morgan fingerprint density at radius 2 is 1.89 bits per heavy atom. The molecule has 1 aliphatic rings. The maximum atomic E-state index is 12.9. The minimum atomic E-state index is -0.615. The van der Waals surface area contributed by atoms with E-state index in [1.165, 1.54) is 17.0 Å². The lowest BCUT2D eigenvalue weighted by atomic mass is 9.92. The molecule has 0 unspecified atom stereocenters. The van der Waals surface area contributed by atoms with Crippen molar-refractivity contribution >= 4 is 11.6 Å². The van der Waals surface area contributed by atoms with Gasteiger partial charge in [-0.05, 0) is 43.3 Å². The van der Waals surface area contributed by atoms with E-state index in [-0.39, 0.29) is 17.8 Å². The second kappa shape index (κ2) is 4.20. The van der Waals surface area contributed by atoms with Crippen molar-refractivity contribution < 1.29 is 13.6 Å². The van der Waals surface area contributed by atoms with E-state index in [4.69, 9.17) is 10.2 Å². The van der Waals surface area contributed by atoms with Gasteiger partial charge in [-0.3, -0.25) is 9.69 Å². The van der Waals surface area contributed by atoms with E-state index in [2.05, 4.69) is 0 Å². The first-order valence-electron chi connectivity index (χ1n) is 5.98. The lowest BCUT2D eigenvalue weighted by Crippen LogP contribution is -2.63. The van der Waals surface area contributed by atoms with E-state index in [0.717, 1.165) is 5.76 Å². The number of hydrogen-bond donors (Lipinski definition) is 1. The Balaban J connectivity index is 1.95. The molecule has 0 aliphatic carbocycles. The third-order valence-electron chi connectivity index (χ3n) is 3.30. The summed E-state index contributed by atoms with van der Waals surface area (Å²) in [5.41, 5.74) is 6.46. The highest BCUT2D eigenvalue weighted by Crippen LogP contribution is 2.38. The smallest absolute Gasteiger partial charge is 0.247 e. The number of furan rings is 1. The van der Waals surface area contributed by atoms with Crippen LogP contribution in [0.3, 0.4) is 0 Å². The molecule has 5 heteroatoms. The molecule has 1 saturated heterocycles. The number of hydrogen-bond acceptors (Lipinski definition) is 3. The number of β-lactam (4-membered cyclic amide) rings is 1. The molecule has 3 rings (SSSR count). The standard InChI is InChI=1S/C14H13FN2O2/c1-8-2-7-11(19-8)13-12(16)14(18)17(13)10-5-3-9(15)4-6-10/h2-7,12-13H,16H2,1H3/t12-,13-/m1/s1. The van der Waals surface area contributed by atoms with Crippen LogP contribution in [0, 0.1) is 12.7 Å². The molecular weight excluding hydrogens is 247 g/mol. The van der Waals surface area contributed by atoms with Gasteiger partial charge < -0.3 is 10.2 Å². The number of halogens is 1. The molecular formula is C14H13FN2O2. The zero-order valence-corrected chi connectivity index (χ0v) is 10.3. The highest BCUT2D eigenvalue weighted by Gasteiger charge is 2.48. The number of benzene rings is 1. The van der Waals surface area contributed by atoms with Crippen LogP contribution in [0.5, 0.6) is 0 Å². The van der Waals surface area contributed by atoms with Crippen molar-refractivity contribution in [2.24, 2.45) is 5.73 Å². The summed E-state index contributed by atoms with van der Waals surface area (Å²) in [5.74, 6) is 0.881. The van der Waals surface area contributed by atoms with E-state index in [1.54, 1.807) is 12.1 Å². The lowest BCUT2D eigenvalue weighted by molar-refractivity contribution is -0.126. The van der Waals surface area contributed by atoms with Gasteiger partial charge in [0.25, 0.3) is 0 Å². The van der Waals surface area contributed by atoms with Crippen molar-refractivity contribution in [3.8, 4) is 0 Å². The van der Waals surface area contributed by atoms with E-state index < -0.39 is 6.04 Å². The van der Waals surface area contributed by atoms with Crippen LogP contribution in [-0.4, -0.2) is 11.9 Å². The molecule has 0 spiro atoms. The second-order valence-electron chi connectivity index (χ2n) is 4.60. The van der Waals surface area contributed by atoms with Crippen LogP contribution >= 0.6 is 0 Å². The first kappa shape index (κ1) is 11.9. The van der Waals surface area contributed by atoms with Gasteiger partial charge in [0, 0.05) is 5.69 Å². The lowest BCUT2D eigenvalue weighted by Gasteiger charge is -2.44. The topological polar surface area (TPSA) is 59.5 Å². The van der Waals surface area contributed by atoms with Crippen molar-refractivity contribution in [1.29, 1.82) is 0 Å². The van der Waals surface area contributed by atoms with Crippen LogP contribution in [-0.2, 0) is 4.79 Å². The predicted octanol–water partition coefficient (Wildman–Crippen LogP) is 2.14. The molecule has 2 heterocycles. The van der Waals surface area contributed by atoms with Crippen molar-refractivity contribution in [3.63, 3.8) is 0 Å². The predicted molar refractivity (Wildman–Crippen MR) is 68.0 cm³/mol. The monoisotopic (exact) mass is 260 g/mol. The fraction of sp³-hybridized carbons (Fsp3) is 0.214. The van der Waals surface area contributed by atoms with Gasteiger partial charge in [-0.15, -0.1) is 0 Å². The normalized spacial score (nSPS) is 22.5. The molecule has 2 N–H and O–H groups in total. The molecule has 19 heavy (non-hydrogen) atoms. The van der Waals surface area contributed by atoms with Crippen LogP contribution in [0.25, 0.3) is 0 Å². The Hall–Kier alpha value is -2.14. The highest BCUT2D eigenvalue weighted by molar-refractivity contribution is 6.05. The average Bonchev–Trinajstić information content (AvgIpc) is 2.82. The number of nitrogens with zero attached hydrogens (tertiary/aromatic N) is 1. The fourth-order valence-corrected chi connectivity index (χ4v) is 2.32. The summed E-state index contributed by atoms with van der Waals surface area (Å²) in [4.78, 5) is 13.4. The highest BCUT2D eigenvalue weighted by atomic mass is 19.1. The van der Waals surface area contributed by atoms with Crippen molar-refractivity contribution in [1.82, 2.24) is 0 Å². The molecule has 98 valence electrons. The van der Waals surface area contributed by atoms with Crippen molar-refractivity contribution in [3.05, 3.63) is 53.7 Å². The average molecular weight is 260 g/mol. The van der Waals surface area contributed by atoms with Gasteiger partial charge in [0.05, 0.1) is 0 Å². The maximum absolute atomic E-state index is 12.9. The van der Waals surface area contributed by atoms with Gasteiger partial charge >= 0.3 is 0 Å². The summed E-state index contributed by atoms with van der Waals surface area (Å²) in [6, 6.07) is 8.44. The molecule has 1 aliphatic heterocycles. The van der Waals surface area contributed by atoms with E-state index >= 15 is 0 Å². The van der Waals surface area contributed by atoms with Gasteiger partial charge in [-0.1, -0.05) is 0 Å². The molecule has 2 atom stereocenters. The zero-order chi connectivity index (χ0) is 13.6. The van der Waals surface area contributed by atoms with Crippen molar-refractivity contribution in [2.45, 2.75) is 19.0 Å². The first-order valence-corrected chi connectivity index (χ1v) is 5.98. The zero-order valence-electron chi connectivity index (χ0n) is 10.3. The molecule has 0 radical (unpaired) electrons. The Bertz CT molecular complexity index is 621. The second-order valence-corrected chi connectivity index (χ2v) is 4.60. The SMILES string of the molecule is Cc1ccc([C@@H]2[C@@H](N)C(=O)N2c2ccc(F)cc2)o1. The summed E-state index contributed by atoms with van der Waals surface area (Å²) >= 11 is 0. The number of aryl methyl sites for hydroxylation is 1. The molecule has 2 aromatic rings. The Morgan fingerprint density at radius 1 is 1.21 bits per heavy atom. The molecule has 0 saturated carbocycles. The third kappa shape index (κ3) is 1.82. The minimum Gasteiger partial charge on any atom is -0.464 e. The van der Waals surface area contributed by atoms with E-state index in [1.807, 2.05) is 19.1 Å². The van der Waals surface area contributed by atoms with E-state index in [9.17, 15) is 9.18 Å². The molecule has 1 aromatic carbocycles. The Morgan fingerprint density at radius 3 is 2.47 bits per heavy atom.